The lowest BCUT2D eigenvalue weighted by Gasteiger charge is -2.38. The van der Waals surface area contributed by atoms with Crippen molar-refractivity contribution < 1.29 is 9.53 Å². The van der Waals surface area contributed by atoms with E-state index in [4.69, 9.17) is 9.72 Å². The standard InChI is InChI=1S/C22H34N4O3/c1-15-5-7-16(8-6-15)25-12-9-18-17(14-25)22(28)24-21(23-18)19-4-3-11-26(19)20(27)10-13-29-2/h15-16,19H,3-14H2,1-2H3,(H,23,24,28)/t15?,16?,19-/m0/s1. The van der Waals surface area contributed by atoms with Crippen molar-refractivity contribution in [1.82, 2.24) is 19.8 Å². The Morgan fingerprint density at radius 2 is 2.00 bits per heavy atom. The zero-order valence-electron chi connectivity index (χ0n) is 17.8. The number of hydrogen-bond acceptors (Lipinski definition) is 5. The summed E-state index contributed by atoms with van der Waals surface area (Å²) < 4.78 is 5.05. The normalized spacial score (nSPS) is 27.8. The van der Waals surface area contributed by atoms with Gasteiger partial charge in [-0.15, -0.1) is 0 Å². The van der Waals surface area contributed by atoms with Gasteiger partial charge in [-0.25, -0.2) is 4.98 Å². The first-order valence-electron chi connectivity index (χ1n) is 11.2. The summed E-state index contributed by atoms with van der Waals surface area (Å²) in [5.41, 5.74) is 1.74. The predicted octanol–water partition coefficient (Wildman–Crippen LogP) is 2.41. The number of ether oxygens (including phenoxy) is 1. The summed E-state index contributed by atoms with van der Waals surface area (Å²) in [6.07, 6.45) is 8.04. The van der Waals surface area contributed by atoms with Crippen LogP contribution in [-0.4, -0.2) is 58.5 Å². The number of methoxy groups -OCH3 is 1. The molecule has 1 aromatic heterocycles. The summed E-state index contributed by atoms with van der Waals surface area (Å²) in [4.78, 5) is 37.7. The Hall–Kier alpha value is -1.73. The van der Waals surface area contributed by atoms with Crippen LogP contribution in [0, 0.1) is 5.92 Å². The highest BCUT2D eigenvalue weighted by Gasteiger charge is 2.34. The molecule has 2 aliphatic heterocycles. The van der Waals surface area contributed by atoms with Crippen LogP contribution in [0.4, 0.5) is 0 Å². The number of aromatic amines is 1. The molecule has 2 fully saturated rings. The van der Waals surface area contributed by atoms with Crippen LogP contribution in [0.1, 0.15) is 75.0 Å². The Bertz CT molecular complexity index is 785. The fraction of sp³-hybridized carbons (Fsp3) is 0.773. The number of hydrogen-bond donors (Lipinski definition) is 1. The van der Waals surface area contributed by atoms with Gasteiger partial charge >= 0.3 is 0 Å². The van der Waals surface area contributed by atoms with E-state index in [1.807, 2.05) is 4.90 Å². The smallest absolute Gasteiger partial charge is 0.255 e. The number of carbonyl (C=O) groups excluding carboxylic acids is 1. The zero-order valence-corrected chi connectivity index (χ0v) is 17.8. The summed E-state index contributed by atoms with van der Waals surface area (Å²) in [5.74, 6) is 1.57. The summed E-state index contributed by atoms with van der Waals surface area (Å²) in [6, 6.07) is 0.484. The van der Waals surface area contributed by atoms with E-state index in [-0.39, 0.29) is 17.5 Å². The predicted molar refractivity (Wildman–Crippen MR) is 111 cm³/mol. The molecule has 29 heavy (non-hydrogen) atoms. The van der Waals surface area contributed by atoms with Crippen molar-refractivity contribution in [3.05, 3.63) is 27.4 Å². The van der Waals surface area contributed by atoms with Gasteiger partial charge in [-0.05, 0) is 44.4 Å². The van der Waals surface area contributed by atoms with Crippen molar-refractivity contribution in [2.75, 3.05) is 26.8 Å². The van der Waals surface area contributed by atoms with E-state index in [0.717, 1.165) is 49.5 Å². The fourth-order valence-electron chi connectivity index (χ4n) is 5.22. The highest BCUT2D eigenvalue weighted by molar-refractivity contribution is 5.77. The third kappa shape index (κ3) is 4.40. The number of amides is 1. The van der Waals surface area contributed by atoms with E-state index in [2.05, 4.69) is 16.8 Å². The van der Waals surface area contributed by atoms with Gasteiger partial charge in [0.1, 0.15) is 5.82 Å². The average molecular weight is 403 g/mol. The molecule has 1 saturated carbocycles. The molecule has 160 valence electrons. The van der Waals surface area contributed by atoms with Crippen molar-refractivity contribution >= 4 is 5.91 Å². The minimum Gasteiger partial charge on any atom is -0.384 e. The summed E-state index contributed by atoms with van der Waals surface area (Å²) in [6.45, 7) is 5.17. The lowest BCUT2D eigenvalue weighted by atomic mass is 9.86. The second-order valence-corrected chi connectivity index (χ2v) is 9.00. The van der Waals surface area contributed by atoms with Crippen molar-refractivity contribution in [1.29, 1.82) is 0 Å². The van der Waals surface area contributed by atoms with Crippen LogP contribution in [0.25, 0.3) is 0 Å². The Kier molecular flexibility index (Phi) is 6.35. The fourth-order valence-corrected chi connectivity index (χ4v) is 5.22. The maximum Gasteiger partial charge on any atom is 0.255 e. The largest absolute Gasteiger partial charge is 0.384 e. The third-order valence-electron chi connectivity index (χ3n) is 7.03. The number of nitrogens with zero attached hydrogens (tertiary/aromatic N) is 3. The van der Waals surface area contributed by atoms with Gasteiger partial charge in [0.25, 0.3) is 5.56 Å². The number of aromatic nitrogens is 2. The lowest BCUT2D eigenvalue weighted by Crippen LogP contribution is -2.44. The minimum absolute atomic E-state index is 0.0185. The number of H-pyrrole nitrogens is 1. The number of rotatable bonds is 5. The van der Waals surface area contributed by atoms with Crippen LogP contribution in [0.2, 0.25) is 0 Å². The third-order valence-corrected chi connectivity index (χ3v) is 7.03. The molecule has 7 heteroatoms. The molecule has 0 aromatic carbocycles. The Morgan fingerprint density at radius 3 is 2.76 bits per heavy atom. The summed E-state index contributed by atoms with van der Waals surface area (Å²) >= 11 is 0. The Morgan fingerprint density at radius 1 is 1.21 bits per heavy atom. The number of likely N-dealkylation sites (tertiary alicyclic amines) is 1. The number of carbonyl (C=O) groups is 1. The van der Waals surface area contributed by atoms with Crippen molar-refractivity contribution in [2.45, 2.75) is 76.9 Å². The zero-order chi connectivity index (χ0) is 20.4. The molecule has 0 bridgehead atoms. The number of nitrogens with one attached hydrogen (secondary N) is 1. The Labute approximate surface area is 172 Å². The molecule has 0 unspecified atom stereocenters. The molecule has 1 saturated heterocycles. The lowest BCUT2D eigenvalue weighted by molar-refractivity contribution is -0.133. The molecule has 3 aliphatic rings. The first-order chi connectivity index (χ1) is 14.1. The van der Waals surface area contributed by atoms with Gasteiger partial charge < -0.3 is 14.6 Å². The Balaban J connectivity index is 1.49. The minimum atomic E-state index is -0.116. The highest BCUT2D eigenvalue weighted by atomic mass is 16.5. The maximum atomic E-state index is 12.9. The van der Waals surface area contributed by atoms with Crippen molar-refractivity contribution in [3.63, 3.8) is 0 Å². The highest BCUT2D eigenvalue weighted by Crippen LogP contribution is 2.32. The molecule has 1 atom stereocenters. The van der Waals surface area contributed by atoms with Crippen LogP contribution in [-0.2, 0) is 22.5 Å². The van der Waals surface area contributed by atoms with Crippen LogP contribution in [0.5, 0.6) is 0 Å². The monoisotopic (exact) mass is 402 g/mol. The molecule has 0 radical (unpaired) electrons. The van der Waals surface area contributed by atoms with Crippen LogP contribution >= 0.6 is 0 Å². The van der Waals surface area contributed by atoms with Gasteiger partial charge in [-0.2, -0.15) is 0 Å². The van der Waals surface area contributed by atoms with Crippen molar-refractivity contribution in [2.24, 2.45) is 5.92 Å². The summed E-state index contributed by atoms with van der Waals surface area (Å²) in [7, 11) is 1.61. The van der Waals surface area contributed by atoms with Gasteiger partial charge in [-0.1, -0.05) is 6.92 Å². The first kappa shape index (κ1) is 20.5. The first-order valence-corrected chi connectivity index (χ1v) is 11.2. The maximum absolute atomic E-state index is 12.9. The molecule has 3 heterocycles. The molecule has 0 spiro atoms. The average Bonchev–Trinajstić information content (AvgIpc) is 3.22. The quantitative estimate of drug-likeness (QED) is 0.818. The van der Waals surface area contributed by atoms with Crippen LogP contribution in [0.3, 0.4) is 0 Å². The van der Waals surface area contributed by atoms with E-state index >= 15 is 0 Å². The van der Waals surface area contributed by atoms with Gasteiger partial charge in [0.15, 0.2) is 0 Å². The summed E-state index contributed by atoms with van der Waals surface area (Å²) in [5, 5.41) is 0. The molecule has 1 amide bonds. The van der Waals surface area contributed by atoms with Crippen LogP contribution in [0.15, 0.2) is 4.79 Å². The molecule has 4 rings (SSSR count). The van der Waals surface area contributed by atoms with E-state index in [1.54, 1.807) is 7.11 Å². The second kappa shape index (κ2) is 8.96. The van der Waals surface area contributed by atoms with Gasteiger partial charge in [0, 0.05) is 39.2 Å². The second-order valence-electron chi connectivity index (χ2n) is 9.00. The van der Waals surface area contributed by atoms with Gasteiger partial charge in [0.2, 0.25) is 5.91 Å². The van der Waals surface area contributed by atoms with Gasteiger partial charge in [0.05, 0.1) is 30.3 Å². The van der Waals surface area contributed by atoms with E-state index in [9.17, 15) is 9.59 Å². The van der Waals surface area contributed by atoms with Crippen molar-refractivity contribution in [3.8, 4) is 0 Å². The van der Waals surface area contributed by atoms with E-state index in [0.29, 0.717) is 31.4 Å². The number of fused-ring (bicyclic) bond motifs is 1. The van der Waals surface area contributed by atoms with Crippen LogP contribution < -0.4 is 5.56 Å². The molecule has 1 N–H and O–H groups in total. The topological polar surface area (TPSA) is 78.5 Å². The molecular formula is C22H34N4O3. The van der Waals surface area contributed by atoms with E-state index < -0.39 is 0 Å². The van der Waals surface area contributed by atoms with E-state index in [1.165, 1.54) is 25.7 Å². The molecule has 1 aliphatic carbocycles. The molecular weight excluding hydrogens is 368 g/mol. The van der Waals surface area contributed by atoms with Gasteiger partial charge in [-0.3, -0.25) is 14.5 Å². The SMILES string of the molecule is COCCC(=O)N1CCC[C@H]1c1nc2c(c(=O)[nH]1)CN(C1CCC(C)CC1)CC2. The molecule has 1 aromatic rings. The molecule has 7 nitrogen and oxygen atoms in total.